The lowest BCUT2D eigenvalue weighted by Gasteiger charge is -2.36. The Balaban J connectivity index is 1.36. The molecule has 53 heavy (non-hydrogen) atoms. The minimum Gasteiger partial charge on any atom is -0.494 e. The van der Waals surface area contributed by atoms with Gasteiger partial charge >= 0.3 is 0 Å². The molecule has 0 bridgehead atoms. The number of amides is 3. The molecule has 1 fully saturated rings. The molecular weight excluding hydrogens is 693 g/mol. The number of unbranched alkanes of at least 4 members (excludes halogenated alkanes) is 1. The zero-order valence-electron chi connectivity index (χ0n) is 31.0. The Bertz CT molecular complexity index is 1800. The van der Waals surface area contributed by atoms with Crippen LogP contribution in [0.5, 0.6) is 5.75 Å². The lowest BCUT2D eigenvalue weighted by molar-refractivity contribution is -0.148. The van der Waals surface area contributed by atoms with Crippen molar-refractivity contribution in [1.82, 2.24) is 10.2 Å². The Labute approximate surface area is 312 Å². The summed E-state index contributed by atoms with van der Waals surface area (Å²) in [5.41, 5.74) is 2.23. The third-order valence-corrected chi connectivity index (χ3v) is 13.3. The van der Waals surface area contributed by atoms with Gasteiger partial charge in [0.05, 0.1) is 37.5 Å². The molecule has 0 radical (unpaired) electrons. The molecule has 3 aliphatic heterocycles. The van der Waals surface area contributed by atoms with Crippen molar-refractivity contribution in [3.63, 3.8) is 0 Å². The summed E-state index contributed by atoms with van der Waals surface area (Å²) in [6, 6.07) is 20.1. The van der Waals surface area contributed by atoms with E-state index in [0.717, 1.165) is 17.5 Å². The van der Waals surface area contributed by atoms with Crippen LogP contribution in [0.3, 0.4) is 0 Å². The van der Waals surface area contributed by atoms with Gasteiger partial charge in [0.15, 0.2) is 13.9 Å². The number of carbonyl (C=O) groups excluding carboxylic acids is 3. The van der Waals surface area contributed by atoms with E-state index < -0.39 is 37.5 Å². The SMILES string of the molecule is CCOc1ccc2c(c1)CC(NCCCCO)C(=O)N2c1ccc2c(c1)[C@@]1(O[C@H](CC(=O)N(CCO)Cc3ccccc3)[C@@H]([Si](C)(C)O)[C@@H]1C)C(=O)N2. The van der Waals surface area contributed by atoms with Crippen LogP contribution < -0.4 is 20.3 Å². The second-order valence-corrected chi connectivity index (χ2v) is 18.8. The van der Waals surface area contributed by atoms with Crippen LogP contribution in [0, 0.1) is 5.92 Å². The highest BCUT2D eigenvalue weighted by Crippen LogP contribution is 2.59. The van der Waals surface area contributed by atoms with Crippen LogP contribution in [0.4, 0.5) is 17.1 Å². The van der Waals surface area contributed by atoms with Crippen molar-refractivity contribution in [3.05, 3.63) is 83.4 Å². The number of aliphatic hydroxyl groups is 2. The Hall–Kier alpha value is -4.11. The first kappa shape index (κ1) is 38.6. The molecule has 3 aromatic carbocycles. The highest BCUT2D eigenvalue weighted by atomic mass is 28.4. The lowest BCUT2D eigenvalue weighted by Crippen LogP contribution is -2.49. The standard InChI is InChI=1S/C40H52N4O8Si/c1-5-51-30-14-16-34-28(21-30)22-33(41-17-9-10-19-45)38(48)44(34)29-13-15-32-31(23-29)40(39(49)42-32)26(2)37(53(3,4)50)35(52-40)24-36(47)43(18-20-46)25-27-11-7-6-8-12-27/h6-8,11-16,21,23,26,33,35,37,41,45-46,50H,5,9-10,17-20,22,24-25H2,1-4H3,(H,42,49)/t26-,33?,35+,37-,40+/m0/s1. The van der Waals surface area contributed by atoms with Gasteiger partial charge in [0.1, 0.15) is 5.75 Å². The van der Waals surface area contributed by atoms with E-state index in [1.807, 2.05) is 74.5 Å². The fourth-order valence-electron chi connectivity index (χ4n) is 8.46. The van der Waals surface area contributed by atoms with Gasteiger partial charge in [0.25, 0.3) is 5.91 Å². The number of nitrogens with zero attached hydrogens (tertiary/aromatic N) is 2. The Morgan fingerprint density at radius 1 is 1.08 bits per heavy atom. The molecule has 5 atom stereocenters. The summed E-state index contributed by atoms with van der Waals surface area (Å²) >= 11 is 0. The summed E-state index contributed by atoms with van der Waals surface area (Å²) in [6.07, 6.45) is 0.957. The zero-order chi connectivity index (χ0) is 37.9. The fourth-order valence-corrected chi connectivity index (χ4v) is 11.0. The van der Waals surface area contributed by atoms with Crippen molar-refractivity contribution in [2.75, 3.05) is 43.1 Å². The maximum Gasteiger partial charge on any atom is 0.261 e. The molecule has 1 spiro atoms. The number of rotatable bonds is 15. The molecule has 12 nitrogen and oxygen atoms in total. The van der Waals surface area contributed by atoms with Crippen molar-refractivity contribution in [1.29, 1.82) is 0 Å². The first-order valence-corrected chi connectivity index (χ1v) is 21.7. The summed E-state index contributed by atoms with van der Waals surface area (Å²) < 4.78 is 12.6. The first-order valence-electron chi connectivity index (χ1n) is 18.7. The number of hydrogen-bond acceptors (Lipinski definition) is 9. The van der Waals surface area contributed by atoms with Gasteiger partial charge in [-0.3, -0.25) is 19.3 Å². The average Bonchev–Trinajstić information content (AvgIpc) is 3.58. The fraction of sp³-hybridized carbons (Fsp3) is 0.475. The van der Waals surface area contributed by atoms with Crippen molar-refractivity contribution >= 4 is 43.1 Å². The largest absolute Gasteiger partial charge is 0.494 e. The van der Waals surface area contributed by atoms with E-state index >= 15 is 0 Å². The summed E-state index contributed by atoms with van der Waals surface area (Å²) in [6.45, 7) is 8.81. The van der Waals surface area contributed by atoms with E-state index in [4.69, 9.17) is 9.47 Å². The van der Waals surface area contributed by atoms with Crippen molar-refractivity contribution in [3.8, 4) is 5.75 Å². The summed E-state index contributed by atoms with van der Waals surface area (Å²) in [4.78, 5) is 57.3. The summed E-state index contributed by atoms with van der Waals surface area (Å²) in [5.74, 6) is -0.568. The van der Waals surface area contributed by atoms with Gasteiger partial charge in [-0.15, -0.1) is 0 Å². The van der Waals surface area contributed by atoms with Gasteiger partial charge in [-0.2, -0.15) is 0 Å². The number of nitrogens with one attached hydrogen (secondary N) is 2. The van der Waals surface area contributed by atoms with Crippen LogP contribution in [0.15, 0.2) is 66.7 Å². The van der Waals surface area contributed by atoms with E-state index in [1.54, 1.807) is 29.0 Å². The minimum atomic E-state index is -3.06. The van der Waals surface area contributed by atoms with Crippen LogP contribution in [0.1, 0.15) is 49.8 Å². The van der Waals surface area contributed by atoms with Gasteiger partial charge in [-0.1, -0.05) is 37.3 Å². The van der Waals surface area contributed by atoms with Gasteiger partial charge in [0, 0.05) is 48.1 Å². The molecule has 13 heteroatoms. The van der Waals surface area contributed by atoms with Crippen LogP contribution in [-0.4, -0.2) is 91.0 Å². The summed E-state index contributed by atoms with van der Waals surface area (Å²) in [7, 11) is -3.06. The number of benzene rings is 3. The summed E-state index contributed by atoms with van der Waals surface area (Å²) in [5, 5.41) is 25.5. The van der Waals surface area contributed by atoms with Crippen LogP contribution in [0.2, 0.25) is 18.6 Å². The average molecular weight is 745 g/mol. The molecule has 3 aliphatic rings. The first-order chi connectivity index (χ1) is 25.4. The molecule has 6 rings (SSSR count). The molecular formula is C40H52N4O8Si. The van der Waals surface area contributed by atoms with Crippen LogP contribution in [0.25, 0.3) is 0 Å². The number of ether oxygens (including phenoxy) is 2. The lowest BCUT2D eigenvalue weighted by atomic mass is 9.82. The van der Waals surface area contributed by atoms with Crippen LogP contribution in [-0.2, 0) is 37.7 Å². The van der Waals surface area contributed by atoms with Gasteiger partial charge in [-0.25, -0.2) is 0 Å². The molecule has 284 valence electrons. The van der Waals surface area contributed by atoms with Gasteiger partial charge in [0.2, 0.25) is 11.8 Å². The van der Waals surface area contributed by atoms with Crippen LogP contribution >= 0.6 is 0 Å². The smallest absolute Gasteiger partial charge is 0.261 e. The number of aliphatic hydroxyl groups excluding tert-OH is 2. The Morgan fingerprint density at radius 3 is 2.55 bits per heavy atom. The van der Waals surface area contributed by atoms with Gasteiger partial charge < -0.3 is 40.0 Å². The van der Waals surface area contributed by atoms with E-state index in [1.165, 1.54) is 0 Å². The van der Waals surface area contributed by atoms with E-state index in [9.17, 15) is 29.4 Å². The maximum absolute atomic E-state index is 14.3. The molecule has 0 aromatic heterocycles. The highest BCUT2D eigenvalue weighted by Gasteiger charge is 2.65. The van der Waals surface area contributed by atoms with Gasteiger partial charge in [-0.05, 0) is 93.4 Å². The number of anilines is 3. The van der Waals surface area contributed by atoms with E-state index in [-0.39, 0.29) is 43.9 Å². The highest BCUT2D eigenvalue weighted by molar-refractivity contribution is 6.71. The molecule has 3 amide bonds. The Morgan fingerprint density at radius 2 is 1.85 bits per heavy atom. The third-order valence-electron chi connectivity index (χ3n) is 10.8. The van der Waals surface area contributed by atoms with Crippen molar-refractivity contribution in [2.24, 2.45) is 5.92 Å². The predicted molar refractivity (Wildman–Crippen MR) is 204 cm³/mol. The number of carbonyl (C=O) groups is 3. The second-order valence-electron chi connectivity index (χ2n) is 14.8. The van der Waals surface area contributed by atoms with Crippen molar-refractivity contribution in [2.45, 2.75) is 82.5 Å². The van der Waals surface area contributed by atoms with E-state index in [2.05, 4.69) is 10.6 Å². The number of fused-ring (bicyclic) bond motifs is 3. The predicted octanol–water partition coefficient (Wildman–Crippen LogP) is 4.20. The monoisotopic (exact) mass is 744 g/mol. The molecule has 3 heterocycles. The molecule has 0 saturated carbocycles. The number of hydrogen-bond donors (Lipinski definition) is 5. The molecule has 1 saturated heterocycles. The maximum atomic E-state index is 14.3. The second kappa shape index (κ2) is 16.1. The molecule has 1 unspecified atom stereocenters. The molecule has 3 aromatic rings. The quantitative estimate of drug-likeness (QED) is 0.114. The van der Waals surface area contributed by atoms with Crippen molar-refractivity contribution < 1.29 is 38.9 Å². The topological polar surface area (TPSA) is 161 Å². The minimum absolute atomic E-state index is 0.0767. The molecule has 0 aliphatic carbocycles. The normalized spacial score (nSPS) is 23.6. The zero-order valence-corrected chi connectivity index (χ0v) is 32.0. The molecule has 5 N–H and O–H groups in total. The Kier molecular flexibility index (Phi) is 11.7. The third kappa shape index (κ3) is 7.64. The van der Waals surface area contributed by atoms with E-state index in [0.29, 0.717) is 60.9 Å².